The molecule has 0 saturated heterocycles. The lowest BCUT2D eigenvalue weighted by atomic mass is 10.5. The fourth-order valence-electron chi connectivity index (χ4n) is 0.313. The molecule has 2 N–H and O–H groups in total. The van der Waals surface area contributed by atoms with Crippen LogP contribution < -0.4 is 5.48 Å². The molecular weight excluding hydrogens is 168 g/mol. The van der Waals surface area contributed by atoms with Gasteiger partial charge in [0.15, 0.2) is 0 Å². The first-order valence-electron chi connectivity index (χ1n) is 2.60. The van der Waals surface area contributed by atoms with Crippen LogP contribution in [0.4, 0.5) is 0 Å². The third-order valence-electron chi connectivity index (χ3n) is 0.619. The van der Waals surface area contributed by atoms with Crippen LogP contribution in [0.5, 0.6) is 0 Å². The van der Waals surface area contributed by atoms with Crippen molar-refractivity contribution in [1.82, 2.24) is 10.5 Å². The molecule has 0 unspecified atom stereocenters. The smallest absolute Gasteiger partial charge is 0.230 e. The Balaban J connectivity index is 0. The van der Waals surface area contributed by atoms with Gasteiger partial charge in [-0.1, -0.05) is 6.07 Å². The highest BCUT2D eigenvalue weighted by atomic mass is 35.5. The van der Waals surface area contributed by atoms with E-state index in [0.717, 1.165) is 0 Å². The second kappa shape index (κ2) is 11.6. The minimum atomic E-state index is 0. The number of rotatable bonds is 1. The van der Waals surface area contributed by atoms with Gasteiger partial charge in [-0.25, -0.2) is 5.48 Å². The predicted molar refractivity (Wildman–Crippen MR) is 42.5 cm³/mol. The molecule has 0 aromatic carbocycles. The molecule has 62 valence electrons. The van der Waals surface area contributed by atoms with Crippen molar-refractivity contribution in [1.29, 1.82) is 0 Å². The Bertz CT molecular complexity index is 133. The number of hydrogen-bond acceptors (Lipinski definition) is 3. The molecule has 5 heteroatoms. The molecule has 1 amide bonds. The first-order valence-corrected chi connectivity index (χ1v) is 2.60. The van der Waals surface area contributed by atoms with Gasteiger partial charge in [0.25, 0.3) is 0 Å². The summed E-state index contributed by atoms with van der Waals surface area (Å²) in [7, 11) is 0. The normalized spacial score (nSPS) is 6.27. The first kappa shape index (κ1) is 12.5. The highest BCUT2D eigenvalue weighted by Gasteiger charge is 1.58. The van der Waals surface area contributed by atoms with Gasteiger partial charge in [-0.05, 0) is 12.1 Å². The van der Waals surface area contributed by atoms with Gasteiger partial charge in [0.2, 0.25) is 6.41 Å². The maximum atomic E-state index is 8.81. The van der Waals surface area contributed by atoms with Crippen molar-refractivity contribution in [2.75, 3.05) is 0 Å². The van der Waals surface area contributed by atoms with Crippen molar-refractivity contribution in [2.24, 2.45) is 0 Å². The second-order valence-electron chi connectivity index (χ2n) is 1.27. The lowest BCUT2D eigenvalue weighted by Gasteiger charge is -1.70. The van der Waals surface area contributed by atoms with Gasteiger partial charge in [0, 0.05) is 12.4 Å². The van der Waals surface area contributed by atoms with E-state index in [4.69, 9.17) is 10.0 Å². The summed E-state index contributed by atoms with van der Waals surface area (Å²) in [6, 6.07) is 5.72. The van der Waals surface area contributed by atoms with Crippen molar-refractivity contribution in [2.45, 2.75) is 0 Å². The molecule has 0 saturated carbocycles. The van der Waals surface area contributed by atoms with Crippen molar-refractivity contribution >= 4 is 18.8 Å². The van der Waals surface area contributed by atoms with Gasteiger partial charge in [-0.3, -0.25) is 15.0 Å². The molecule has 0 aliphatic rings. The third kappa shape index (κ3) is 12.1. The molecule has 0 radical (unpaired) electrons. The number of hydrogen-bond donors (Lipinski definition) is 2. The van der Waals surface area contributed by atoms with E-state index in [1.165, 1.54) is 5.48 Å². The van der Waals surface area contributed by atoms with Crippen molar-refractivity contribution in [3.05, 3.63) is 30.6 Å². The molecule has 1 aromatic heterocycles. The highest BCUT2D eigenvalue weighted by molar-refractivity contribution is 5.85. The Morgan fingerprint density at radius 2 is 1.73 bits per heavy atom. The average molecular weight is 177 g/mol. The van der Waals surface area contributed by atoms with Crippen LogP contribution in [0.25, 0.3) is 0 Å². The molecule has 0 fully saturated rings. The van der Waals surface area contributed by atoms with E-state index < -0.39 is 0 Å². The molecule has 0 atom stereocenters. The van der Waals surface area contributed by atoms with Gasteiger partial charge < -0.3 is 0 Å². The largest absolute Gasteiger partial charge is 0.289 e. The van der Waals surface area contributed by atoms with Crippen LogP contribution in [0, 0.1) is 0 Å². The second-order valence-corrected chi connectivity index (χ2v) is 1.27. The Kier molecular flexibility index (Phi) is 13.3. The molecular formula is C6H9ClN2O2. The number of nitrogens with zero attached hydrogens (tertiary/aromatic N) is 1. The van der Waals surface area contributed by atoms with Crippen LogP contribution in [0.3, 0.4) is 0 Å². The molecule has 1 aromatic rings. The SMILES string of the molecule is Cl.O=CNO.c1ccncc1. The summed E-state index contributed by atoms with van der Waals surface area (Å²) in [6.07, 6.45) is 3.68. The van der Waals surface area contributed by atoms with E-state index in [9.17, 15) is 0 Å². The minimum Gasteiger partial charge on any atom is -0.289 e. The summed E-state index contributed by atoms with van der Waals surface area (Å²) >= 11 is 0. The zero-order valence-electron chi connectivity index (χ0n) is 5.68. The van der Waals surface area contributed by atoms with Gasteiger partial charge >= 0.3 is 0 Å². The molecule has 4 nitrogen and oxygen atoms in total. The number of carbonyl (C=O) groups excluding carboxylic acids is 1. The van der Waals surface area contributed by atoms with Crippen LogP contribution in [0.15, 0.2) is 30.6 Å². The van der Waals surface area contributed by atoms with Crippen molar-refractivity contribution in [3.63, 3.8) is 0 Å². The zero-order valence-corrected chi connectivity index (χ0v) is 6.49. The van der Waals surface area contributed by atoms with Crippen LogP contribution in [-0.4, -0.2) is 16.6 Å². The van der Waals surface area contributed by atoms with Crippen molar-refractivity contribution < 1.29 is 10.0 Å². The lowest BCUT2D eigenvalue weighted by Crippen LogP contribution is -1.99. The number of halogens is 1. The standard InChI is InChI=1S/C5H5N.CH3NO2.ClH/c1-2-4-6-5-3-1;3-1-2-4;/h1-5H;1,4H,(H,2,3);1H. The number of nitrogens with one attached hydrogen (secondary N) is 1. The van der Waals surface area contributed by atoms with E-state index in [2.05, 4.69) is 4.98 Å². The van der Waals surface area contributed by atoms with Gasteiger partial charge in [-0.15, -0.1) is 12.4 Å². The Hall–Kier alpha value is -1.13. The molecule has 1 heterocycles. The number of pyridine rings is 1. The van der Waals surface area contributed by atoms with E-state index in [-0.39, 0.29) is 18.8 Å². The maximum absolute atomic E-state index is 8.81. The van der Waals surface area contributed by atoms with E-state index in [1.807, 2.05) is 18.2 Å². The molecule has 1 rings (SSSR count). The number of aromatic nitrogens is 1. The van der Waals surface area contributed by atoms with Crippen LogP contribution in [-0.2, 0) is 4.79 Å². The average Bonchev–Trinajstić information content (AvgIpc) is 2.08. The Morgan fingerprint density at radius 1 is 1.27 bits per heavy atom. The molecule has 0 aliphatic carbocycles. The summed E-state index contributed by atoms with van der Waals surface area (Å²) in [6.45, 7) is 0. The fraction of sp³-hybridized carbons (Fsp3) is 0. The van der Waals surface area contributed by atoms with Gasteiger partial charge in [-0.2, -0.15) is 0 Å². The number of amides is 1. The summed E-state index contributed by atoms with van der Waals surface area (Å²) in [5.41, 5.74) is 1.25. The molecule has 0 spiro atoms. The topological polar surface area (TPSA) is 62.2 Å². The Morgan fingerprint density at radius 3 is 1.82 bits per heavy atom. The number of hydroxylamine groups is 1. The molecule has 11 heavy (non-hydrogen) atoms. The number of carbonyl (C=O) groups is 1. The summed E-state index contributed by atoms with van der Waals surface area (Å²) in [5, 5.41) is 7.26. The first-order chi connectivity index (χ1) is 4.91. The van der Waals surface area contributed by atoms with E-state index in [0.29, 0.717) is 0 Å². The summed E-state index contributed by atoms with van der Waals surface area (Å²) < 4.78 is 0. The highest BCUT2D eigenvalue weighted by Crippen LogP contribution is 1.73. The maximum Gasteiger partial charge on any atom is 0.230 e. The third-order valence-corrected chi connectivity index (χ3v) is 0.619. The monoisotopic (exact) mass is 176 g/mol. The van der Waals surface area contributed by atoms with Crippen molar-refractivity contribution in [3.8, 4) is 0 Å². The minimum absolute atomic E-state index is 0. The predicted octanol–water partition coefficient (Wildman–Crippen LogP) is 0.625. The summed E-state index contributed by atoms with van der Waals surface area (Å²) in [5.74, 6) is 0. The Labute approximate surface area is 70.6 Å². The zero-order chi connectivity index (χ0) is 7.66. The van der Waals surface area contributed by atoms with Crippen LogP contribution in [0.2, 0.25) is 0 Å². The van der Waals surface area contributed by atoms with Gasteiger partial charge in [0.1, 0.15) is 0 Å². The molecule has 0 bridgehead atoms. The van der Waals surface area contributed by atoms with Crippen LogP contribution in [0.1, 0.15) is 0 Å². The summed E-state index contributed by atoms with van der Waals surface area (Å²) in [4.78, 5) is 12.6. The molecule has 0 aliphatic heterocycles. The van der Waals surface area contributed by atoms with E-state index in [1.54, 1.807) is 12.4 Å². The van der Waals surface area contributed by atoms with Gasteiger partial charge in [0.05, 0.1) is 0 Å². The van der Waals surface area contributed by atoms with E-state index >= 15 is 0 Å². The lowest BCUT2D eigenvalue weighted by molar-refractivity contribution is -0.116. The van der Waals surface area contributed by atoms with Crippen LogP contribution >= 0.6 is 12.4 Å². The quantitative estimate of drug-likeness (QED) is 0.375. The fourth-order valence-corrected chi connectivity index (χ4v) is 0.313.